The van der Waals surface area contributed by atoms with Crippen LogP contribution in [0.5, 0.6) is 5.75 Å². The molecule has 32 heavy (non-hydrogen) atoms. The van der Waals surface area contributed by atoms with E-state index in [1.807, 2.05) is 42.5 Å². The van der Waals surface area contributed by atoms with Crippen LogP contribution in [0.1, 0.15) is 29.2 Å². The number of nitrogens with zero attached hydrogens (tertiary/aromatic N) is 1. The molecule has 0 radical (unpaired) electrons. The van der Waals surface area contributed by atoms with Gasteiger partial charge in [-0.2, -0.15) is 0 Å². The molecule has 5 atom stereocenters. The van der Waals surface area contributed by atoms with Crippen molar-refractivity contribution in [2.75, 3.05) is 0 Å². The maximum absolute atomic E-state index is 12.2. The first kappa shape index (κ1) is 21.4. The molecule has 8 heteroatoms. The normalized spacial score (nSPS) is 30.4. The molecule has 5 rings (SSSR count). The van der Waals surface area contributed by atoms with Crippen LogP contribution in [0, 0.1) is 5.92 Å². The van der Waals surface area contributed by atoms with Crippen LogP contribution in [0.25, 0.3) is 0 Å². The van der Waals surface area contributed by atoms with Gasteiger partial charge in [0.15, 0.2) is 11.2 Å². The summed E-state index contributed by atoms with van der Waals surface area (Å²) in [6, 6.07) is 18.0. The Morgan fingerprint density at radius 2 is 1.84 bits per heavy atom. The molecule has 1 fully saturated rings. The number of halogens is 2. The fraction of sp³-hybridized carbons (Fsp3) is 0.250. The third kappa shape index (κ3) is 2.85. The first-order valence-corrected chi connectivity index (χ1v) is 11.2. The molecular formula is C24H19BrClNO5. The molecule has 2 aromatic carbocycles. The summed E-state index contributed by atoms with van der Waals surface area (Å²) in [5.74, 6) is -2.34. The van der Waals surface area contributed by atoms with Gasteiger partial charge in [-0.25, -0.2) is 0 Å². The van der Waals surface area contributed by atoms with Crippen molar-refractivity contribution in [1.29, 1.82) is 0 Å². The van der Waals surface area contributed by atoms with Gasteiger partial charge in [0, 0.05) is 28.6 Å². The Labute approximate surface area is 197 Å². The molecule has 0 bridgehead atoms. The van der Waals surface area contributed by atoms with Crippen molar-refractivity contribution < 1.29 is 24.9 Å². The Hall–Kier alpha value is -2.45. The summed E-state index contributed by atoms with van der Waals surface area (Å²) in [7, 11) is 0. The van der Waals surface area contributed by atoms with Gasteiger partial charge < -0.3 is 20.1 Å². The summed E-state index contributed by atoms with van der Waals surface area (Å²) in [4.78, 5) is 16.1. The molecule has 164 valence electrons. The number of hydrogen-bond donors (Lipinski definition) is 3. The number of fused-ring (bicyclic) bond motifs is 3. The summed E-state index contributed by atoms with van der Waals surface area (Å²) in [6.45, 7) is 0. The number of benzene rings is 2. The number of pyridine rings is 1. The quantitative estimate of drug-likeness (QED) is 0.480. The van der Waals surface area contributed by atoms with E-state index >= 15 is 0 Å². The van der Waals surface area contributed by atoms with Gasteiger partial charge in [0.2, 0.25) is 0 Å². The molecule has 1 saturated carbocycles. The van der Waals surface area contributed by atoms with E-state index in [0.29, 0.717) is 10.6 Å². The van der Waals surface area contributed by atoms with Gasteiger partial charge in [-0.05, 0) is 23.3 Å². The summed E-state index contributed by atoms with van der Waals surface area (Å²) >= 11 is 9.59. The fourth-order valence-corrected chi connectivity index (χ4v) is 5.81. The zero-order chi connectivity index (χ0) is 22.7. The molecule has 0 spiro atoms. The standard InChI is InChI=1S/C24H19BrClNO5/c25-15-8-6-14(7-9-15)24-20(13-4-2-1-3-5-13)17(11-19(28)29)22(30)23(24,31)21-18(32-24)10-16(26)12-27-21/h1-10,12,17,20,22,30-31H,11H2,(H,28,29)/t17-,20-,22-,23+,24+/m1/s1. The van der Waals surface area contributed by atoms with Crippen LogP contribution in [-0.4, -0.2) is 32.4 Å². The second-order valence-electron chi connectivity index (χ2n) is 8.21. The number of carboxylic acid groups (broad SMARTS) is 1. The van der Waals surface area contributed by atoms with Crippen molar-refractivity contribution >= 4 is 33.5 Å². The molecule has 2 aliphatic rings. The molecular weight excluding hydrogens is 498 g/mol. The van der Waals surface area contributed by atoms with Crippen LogP contribution < -0.4 is 4.74 Å². The van der Waals surface area contributed by atoms with Crippen molar-refractivity contribution in [1.82, 2.24) is 4.98 Å². The number of carbonyl (C=O) groups is 1. The highest BCUT2D eigenvalue weighted by Gasteiger charge is 2.76. The van der Waals surface area contributed by atoms with Crippen LogP contribution in [0.4, 0.5) is 0 Å². The molecule has 1 aliphatic carbocycles. The summed E-state index contributed by atoms with van der Waals surface area (Å²) in [5.41, 5.74) is -2.03. The topological polar surface area (TPSA) is 99.9 Å². The molecule has 3 N–H and O–H groups in total. The number of rotatable bonds is 4. The molecule has 1 aromatic heterocycles. The Kier molecular flexibility index (Phi) is 5.05. The predicted octanol–water partition coefficient (Wildman–Crippen LogP) is 4.22. The van der Waals surface area contributed by atoms with Crippen molar-refractivity contribution in [3.63, 3.8) is 0 Å². The minimum Gasteiger partial charge on any atom is -0.481 e. The van der Waals surface area contributed by atoms with Crippen LogP contribution in [0.2, 0.25) is 5.02 Å². The molecule has 6 nitrogen and oxygen atoms in total. The third-order valence-corrected chi connectivity index (χ3v) is 7.29. The lowest BCUT2D eigenvalue weighted by Gasteiger charge is -2.40. The first-order valence-electron chi connectivity index (χ1n) is 10.1. The second-order valence-corrected chi connectivity index (χ2v) is 9.56. The highest BCUT2D eigenvalue weighted by atomic mass is 79.9. The van der Waals surface area contributed by atoms with Gasteiger partial charge in [0.1, 0.15) is 11.4 Å². The average Bonchev–Trinajstić information content (AvgIpc) is 3.12. The predicted molar refractivity (Wildman–Crippen MR) is 121 cm³/mol. The largest absolute Gasteiger partial charge is 0.481 e. The Morgan fingerprint density at radius 1 is 1.16 bits per heavy atom. The minimum atomic E-state index is -2.00. The van der Waals surface area contributed by atoms with Crippen molar-refractivity contribution in [3.8, 4) is 5.75 Å². The maximum atomic E-state index is 12.2. The van der Waals surface area contributed by atoms with Crippen LogP contribution in [-0.2, 0) is 16.0 Å². The van der Waals surface area contributed by atoms with E-state index in [9.17, 15) is 20.1 Å². The monoisotopic (exact) mass is 515 g/mol. The second kappa shape index (κ2) is 7.56. The molecule has 0 saturated heterocycles. The van der Waals surface area contributed by atoms with E-state index in [0.717, 1.165) is 10.0 Å². The summed E-state index contributed by atoms with van der Waals surface area (Å²) in [5, 5.41) is 33.7. The van der Waals surface area contributed by atoms with Gasteiger partial charge in [-0.15, -0.1) is 0 Å². The van der Waals surface area contributed by atoms with Gasteiger partial charge >= 0.3 is 5.97 Å². The Balaban J connectivity index is 1.84. The molecule has 2 heterocycles. The molecule has 3 aromatic rings. The average molecular weight is 517 g/mol. The molecule has 0 unspecified atom stereocenters. The number of aliphatic carboxylic acids is 1. The summed E-state index contributed by atoms with van der Waals surface area (Å²) < 4.78 is 7.34. The zero-order valence-corrected chi connectivity index (χ0v) is 19.0. The van der Waals surface area contributed by atoms with Crippen LogP contribution >= 0.6 is 27.5 Å². The van der Waals surface area contributed by atoms with Crippen molar-refractivity contribution in [3.05, 3.63) is 93.2 Å². The van der Waals surface area contributed by atoms with E-state index in [-0.39, 0.29) is 17.9 Å². The van der Waals surface area contributed by atoms with E-state index < -0.39 is 35.1 Å². The lowest BCUT2D eigenvalue weighted by molar-refractivity contribution is -0.155. The number of aliphatic hydroxyl groups excluding tert-OH is 1. The molecule has 0 amide bonds. The maximum Gasteiger partial charge on any atom is 0.303 e. The summed E-state index contributed by atoms with van der Waals surface area (Å²) in [6.07, 6.45) is -0.427. The van der Waals surface area contributed by atoms with Crippen LogP contribution in [0.15, 0.2) is 71.3 Å². The Morgan fingerprint density at radius 3 is 2.50 bits per heavy atom. The smallest absolute Gasteiger partial charge is 0.303 e. The number of carboxylic acids is 1. The lowest BCUT2D eigenvalue weighted by Crippen LogP contribution is -2.52. The number of hydrogen-bond acceptors (Lipinski definition) is 5. The van der Waals surface area contributed by atoms with Crippen molar-refractivity contribution in [2.24, 2.45) is 5.92 Å². The zero-order valence-electron chi connectivity index (χ0n) is 16.7. The lowest BCUT2D eigenvalue weighted by atomic mass is 9.71. The van der Waals surface area contributed by atoms with Crippen LogP contribution in [0.3, 0.4) is 0 Å². The third-order valence-electron chi connectivity index (χ3n) is 6.56. The first-order chi connectivity index (χ1) is 15.3. The fourth-order valence-electron chi connectivity index (χ4n) is 5.40. The highest BCUT2D eigenvalue weighted by Crippen LogP contribution is 2.68. The van der Waals surface area contributed by atoms with Gasteiger partial charge in [0.05, 0.1) is 17.5 Å². The van der Waals surface area contributed by atoms with Gasteiger partial charge in [0.25, 0.3) is 0 Å². The minimum absolute atomic E-state index is 0.145. The van der Waals surface area contributed by atoms with Gasteiger partial charge in [-0.3, -0.25) is 9.78 Å². The van der Waals surface area contributed by atoms with E-state index in [1.54, 1.807) is 18.2 Å². The number of aliphatic hydroxyl groups is 2. The van der Waals surface area contributed by atoms with Gasteiger partial charge in [-0.1, -0.05) is 70.0 Å². The van der Waals surface area contributed by atoms with E-state index in [4.69, 9.17) is 16.3 Å². The number of aromatic nitrogens is 1. The SMILES string of the molecule is O=C(O)C[C@H]1[C@@H](O)[C@@]2(O)c3ncc(Cl)cc3O[C@@]2(c2ccc(Br)cc2)[C@@H]1c1ccccc1. The van der Waals surface area contributed by atoms with E-state index in [1.165, 1.54) is 6.20 Å². The highest BCUT2D eigenvalue weighted by molar-refractivity contribution is 9.10. The van der Waals surface area contributed by atoms with E-state index in [2.05, 4.69) is 20.9 Å². The van der Waals surface area contributed by atoms with Crippen molar-refractivity contribution in [2.45, 2.75) is 29.6 Å². The number of ether oxygens (including phenoxy) is 1. The molecule has 1 aliphatic heterocycles. The Bertz CT molecular complexity index is 1190.